The lowest BCUT2D eigenvalue weighted by Gasteiger charge is -2.11. The lowest BCUT2D eigenvalue weighted by atomic mass is 10.0. The fraction of sp³-hybridized carbons (Fsp3) is 0. The molecule has 0 aliphatic carbocycles. The van der Waals surface area contributed by atoms with Gasteiger partial charge in [0, 0.05) is 48.2 Å². The summed E-state index contributed by atoms with van der Waals surface area (Å²) in [5.41, 5.74) is 8.57. The Balaban J connectivity index is 1.43. The first-order valence-corrected chi connectivity index (χ1v) is 14.1. The fourth-order valence-corrected chi connectivity index (χ4v) is 7.66. The molecule has 1 N–H and O–H groups in total. The Morgan fingerprint density at radius 3 is 2.21 bits per heavy atom. The number of H-pyrrole nitrogens is 1. The maximum absolute atomic E-state index is 3.75. The lowest BCUT2D eigenvalue weighted by Crippen LogP contribution is -1.94. The topological polar surface area (TPSA) is 20.7 Å². The molecule has 0 fully saturated rings. The standard InChI is InChI=1S/C36H22N2S/c1-2-9-22(10-3-1)23-11-8-12-24(21-23)38-31-16-7-5-14-26(31)28-17-18-29-33-32(39-36(29)35(28)38)20-19-27-25-13-4-6-15-30(25)37-34(27)33/h1-21,37H. The molecule has 39 heavy (non-hydrogen) atoms. The second-order valence-corrected chi connectivity index (χ2v) is 11.3. The summed E-state index contributed by atoms with van der Waals surface area (Å²) in [7, 11) is 0. The predicted molar refractivity (Wildman–Crippen MR) is 168 cm³/mol. The number of nitrogens with one attached hydrogen (secondary N) is 1. The molecule has 6 aromatic carbocycles. The van der Waals surface area contributed by atoms with E-state index in [4.69, 9.17) is 0 Å². The molecule has 0 amide bonds. The van der Waals surface area contributed by atoms with Crippen LogP contribution in [0.4, 0.5) is 0 Å². The molecule has 0 unspecified atom stereocenters. The molecule has 3 aromatic heterocycles. The molecule has 0 aliphatic rings. The van der Waals surface area contributed by atoms with E-state index in [1.54, 1.807) is 0 Å². The third kappa shape index (κ3) is 2.91. The Morgan fingerprint density at radius 2 is 1.28 bits per heavy atom. The van der Waals surface area contributed by atoms with Gasteiger partial charge in [-0.3, -0.25) is 0 Å². The van der Waals surface area contributed by atoms with Crippen LogP contribution >= 0.6 is 11.3 Å². The predicted octanol–water partition coefficient (Wildman–Crippen LogP) is 10.5. The molecule has 0 saturated carbocycles. The summed E-state index contributed by atoms with van der Waals surface area (Å²) in [6.45, 7) is 0. The van der Waals surface area contributed by atoms with E-state index < -0.39 is 0 Å². The summed E-state index contributed by atoms with van der Waals surface area (Å²) in [4.78, 5) is 3.75. The van der Waals surface area contributed by atoms with Crippen molar-refractivity contribution in [3.8, 4) is 16.8 Å². The van der Waals surface area contributed by atoms with Crippen LogP contribution in [-0.2, 0) is 0 Å². The van der Waals surface area contributed by atoms with Crippen molar-refractivity contribution in [3.63, 3.8) is 0 Å². The summed E-state index contributed by atoms with van der Waals surface area (Å²) >= 11 is 1.90. The Kier molecular flexibility index (Phi) is 4.24. The van der Waals surface area contributed by atoms with Gasteiger partial charge in [0.05, 0.1) is 21.3 Å². The van der Waals surface area contributed by atoms with Gasteiger partial charge in [0.1, 0.15) is 0 Å². The Morgan fingerprint density at radius 1 is 0.538 bits per heavy atom. The highest BCUT2D eigenvalue weighted by Crippen LogP contribution is 2.45. The van der Waals surface area contributed by atoms with E-state index >= 15 is 0 Å². The van der Waals surface area contributed by atoms with Gasteiger partial charge in [0.2, 0.25) is 0 Å². The monoisotopic (exact) mass is 514 g/mol. The number of benzene rings is 6. The van der Waals surface area contributed by atoms with Crippen molar-refractivity contribution < 1.29 is 0 Å². The van der Waals surface area contributed by atoms with Crippen molar-refractivity contribution >= 4 is 75.1 Å². The van der Waals surface area contributed by atoms with Crippen LogP contribution in [0, 0.1) is 0 Å². The molecule has 9 rings (SSSR count). The van der Waals surface area contributed by atoms with Crippen LogP contribution < -0.4 is 0 Å². The molecule has 3 heterocycles. The zero-order valence-corrected chi connectivity index (χ0v) is 21.8. The van der Waals surface area contributed by atoms with Crippen LogP contribution in [0.3, 0.4) is 0 Å². The molecule has 2 nitrogen and oxygen atoms in total. The van der Waals surface area contributed by atoms with Crippen molar-refractivity contribution in [1.82, 2.24) is 9.55 Å². The molecular formula is C36H22N2S. The van der Waals surface area contributed by atoms with Gasteiger partial charge in [-0.25, -0.2) is 0 Å². The van der Waals surface area contributed by atoms with Crippen molar-refractivity contribution in [1.29, 1.82) is 0 Å². The molecule has 0 spiro atoms. The van der Waals surface area contributed by atoms with Crippen LogP contribution in [0.2, 0.25) is 0 Å². The van der Waals surface area contributed by atoms with Gasteiger partial charge >= 0.3 is 0 Å². The van der Waals surface area contributed by atoms with Crippen LogP contribution in [0.1, 0.15) is 0 Å². The van der Waals surface area contributed by atoms with E-state index in [9.17, 15) is 0 Å². The van der Waals surface area contributed by atoms with Gasteiger partial charge in [-0.15, -0.1) is 11.3 Å². The van der Waals surface area contributed by atoms with Crippen molar-refractivity contribution in [2.24, 2.45) is 0 Å². The van der Waals surface area contributed by atoms with E-state index in [1.807, 2.05) is 11.3 Å². The number of hydrogen-bond donors (Lipinski definition) is 1. The average Bonchev–Trinajstić information content (AvgIpc) is 3.67. The molecule has 0 atom stereocenters. The SMILES string of the molecule is c1ccc(-c2cccc(-n3c4ccccc4c4ccc5c(sc6ccc7c8ccccc8[nH]c7c65)c43)c2)cc1. The molecule has 9 aromatic rings. The van der Waals surface area contributed by atoms with E-state index in [2.05, 4.69) is 137 Å². The zero-order chi connectivity index (χ0) is 25.5. The number of hydrogen-bond acceptors (Lipinski definition) is 1. The molecule has 0 aliphatic heterocycles. The second-order valence-electron chi connectivity index (χ2n) is 10.2. The Labute approximate surface area is 228 Å². The largest absolute Gasteiger partial charge is 0.354 e. The number of thiophene rings is 1. The number of aromatic amines is 1. The first-order chi connectivity index (χ1) is 19.3. The van der Waals surface area contributed by atoms with Gasteiger partial charge in [-0.05, 0) is 41.5 Å². The maximum Gasteiger partial charge on any atom is 0.0719 e. The minimum atomic E-state index is 1.18. The van der Waals surface area contributed by atoms with E-state index in [1.165, 1.54) is 80.6 Å². The van der Waals surface area contributed by atoms with Crippen molar-refractivity contribution in [2.75, 3.05) is 0 Å². The highest BCUT2D eigenvalue weighted by molar-refractivity contribution is 7.26. The van der Waals surface area contributed by atoms with E-state index in [-0.39, 0.29) is 0 Å². The van der Waals surface area contributed by atoms with Crippen LogP contribution in [0.25, 0.3) is 80.6 Å². The molecule has 182 valence electrons. The Hall–Kier alpha value is -4.86. The first kappa shape index (κ1) is 21.1. The fourth-order valence-electron chi connectivity index (χ4n) is 6.41. The molecule has 0 radical (unpaired) electrons. The summed E-state index contributed by atoms with van der Waals surface area (Å²) in [6.07, 6.45) is 0. The molecular weight excluding hydrogens is 492 g/mol. The minimum absolute atomic E-state index is 1.18. The second kappa shape index (κ2) is 7.83. The number of rotatable bonds is 2. The van der Waals surface area contributed by atoms with Crippen LogP contribution in [-0.4, -0.2) is 9.55 Å². The molecule has 3 heteroatoms. The minimum Gasteiger partial charge on any atom is -0.354 e. The van der Waals surface area contributed by atoms with Gasteiger partial charge in [0.25, 0.3) is 0 Å². The number of aromatic nitrogens is 2. The van der Waals surface area contributed by atoms with Gasteiger partial charge in [0.15, 0.2) is 0 Å². The first-order valence-electron chi connectivity index (χ1n) is 13.3. The third-order valence-corrected chi connectivity index (χ3v) is 9.30. The van der Waals surface area contributed by atoms with Gasteiger partial charge in [-0.2, -0.15) is 0 Å². The maximum atomic E-state index is 3.75. The number of fused-ring (bicyclic) bond motifs is 11. The highest BCUT2D eigenvalue weighted by atomic mass is 32.1. The zero-order valence-electron chi connectivity index (χ0n) is 21.0. The highest BCUT2D eigenvalue weighted by Gasteiger charge is 2.19. The van der Waals surface area contributed by atoms with Crippen LogP contribution in [0.5, 0.6) is 0 Å². The van der Waals surface area contributed by atoms with E-state index in [0.29, 0.717) is 0 Å². The lowest BCUT2D eigenvalue weighted by molar-refractivity contribution is 1.19. The average molecular weight is 515 g/mol. The van der Waals surface area contributed by atoms with Gasteiger partial charge < -0.3 is 9.55 Å². The molecule has 0 bridgehead atoms. The smallest absolute Gasteiger partial charge is 0.0719 e. The van der Waals surface area contributed by atoms with Gasteiger partial charge in [-0.1, -0.05) is 97.1 Å². The normalized spacial score (nSPS) is 12.1. The van der Waals surface area contributed by atoms with Crippen molar-refractivity contribution in [2.45, 2.75) is 0 Å². The third-order valence-electron chi connectivity index (χ3n) is 8.13. The molecule has 0 saturated heterocycles. The summed E-state index contributed by atoms with van der Waals surface area (Å²) < 4.78 is 5.11. The number of nitrogens with zero attached hydrogens (tertiary/aromatic N) is 1. The van der Waals surface area contributed by atoms with Crippen molar-refractivity contribution in [3.05, 3.63) is 127 Å². The summed E-state index contributed by atoms with van der Waals surface area (Å²) in [5, 5.41) is 7.77. The summed E-state index contributed by atoms with van der Waals surface area (Å²) in [6, 6.07) is 46.2. The van der Waals surface area contributed by atoms with E-state index in [0.717, 1.165) is 0 Å². The summed E-state index contributed by atoms with van der Waals surface area (Å²) in [5.74, 6) is 0. The number of para-hydroxylation sites is 2. The quantitative estimate of drug-likeness (QED) is 0.237. The van der Waals surface area contributed by atoms with Crippen LogP contribution in [0.15, 0.2) is 127 Å². The Bertz CT molecular complexity index is 2390.